The lowest BCUT2D eigenvalue weighted by Gasteiger charge is -2.10. The van der Waals surface area contributed by atoms with Crippen molar-refractivity contribution >= 4 is 5.96 Å². The molecule has 0 saturated heterocycles. The Hall–Kier alpha value is -2.11. The summed E-state index contributed by atoms with van der Waals surface area (Å²) in [6.45, 7) is 0.810. The molecule has 0 heterocycles. The third-order valence-corrected chi connectivity index (χ3v) is 2.01. The van der Waals surface area contributed by atoms with E-state index < -0.39 is 0 Å². The van der Waals surface area contributed by atoms with Crippen LogP contribution in [0.25, 0.3) is 0 Å². The van der Waals surface area contributed by atoms with E-state index in [0.29, 0.717) is 30.4 Å². The number of nitrogens with zero attached hydrogens (tertiary/aromatic N) is 1. The first-order valence-electron chi connectivity index (χ1n) is 5.07. The predicted molar refractivity (Wildman–Crippen MR) is 65.7 cm³/mol. The van der Waals surface area contributed by atoms with Gasteiger partial charge in [-0.15, -0.1) is 0 Å². The van der Waals surface area contributed by atoms with Gasteiger partial charge in [-0.3, -0.25) is 4.99 Å². The fraction of sp³-hybridized carbons (Fsp3) is 0.364. The number of nitrogens with two attached hydrogens (primary N) is 2. The van der Waals surface area contributed by atoms with Crippen LogP contribution < -0.4 is 25.7 Å². The van der Waals surface area contributed by atoms with Crippen LogP contribution in [0, 0.1) is 0 Å². The van der Waals surface area contributed by atoms with Crippen molar-refractivity contribution in [3.8, 4) is 17.2 Å². The first-order valence-corrected chi connectivity index (χ1v) is 5.07. The van der Waals surface area contributed by atoms with Gasteiger partial charge in [0.05, 0.1) is 20.8 Å². The van der Waals surface area contributed by atoms with Crippen LogP contribution >= 0.6 is 0 Å². The minimum Gasteiger partial charge on any atom is -0.493 e. The Morgan fingerprint density at radius 1 is 1.18 bits per heavy atom. The molecule has 17 heavy (non-hydrogen) atoms. The summed E-state index contributed by atoms with van der Waals surface area (Å²) in [5.74, 6) is 2.00. The second-order valence-electron chi connectivity index (χ2n) is 3.17. The molecule has 0 radical (unpaired) electrons. The summed E-state index contributed by atoms with van der Waals surface area (Å²) in [6.07, 6.45) is 0. The van der Waals surface area contributed by atoms with Gasteiger partial charge >= 0.3 is 0 Å². The Balaban J connectivity index is 2.57. The topological polar surface area (TPSA) is 92.1 Å². The normalized spacial score (nSPS) is 9.53. The van der Waals surface area contributed by atoms with Crippen molar-refractivity contribution in [1.82, 2.24) is 0 Å². The molecule has 0 aromatic heterocycles. The molecule has 0 bridgehead atoms. The van der Waals surface area contributed by atoms with Crippen LogP contribution in [0.2, 0.25) is 0 Å². The smallest absolute Gasteiger partial charge is 0.186 e. The molecule has 0 aliphatic rings. The van der Waals surface area contributed by atoms with E-state index in [1.807, 2.05) is 0 Å². The summed E-state index contributed by atoms with van der Waals surface area (Å²) in [5.41, 5.74) is 10.4. The van der Waals surface area contributed by atoms with E-state index in [4.69, 9.17) is 25.7 Å². The van der Waals surface area contributed by atoms with Crippen molar-refractivity contribution in [1.29, 1.82) is 0 Å². The van der Waals surface area contributed by atoms with E-state index in [2.05, 4.69) is 4.99 Å². The van der Waals surface area contributed by atoms with Crippen LogP contribution in [-0.2, 0) is 0 Å². The second-order valence-corrected chi connectivity index (χ2v) is 3.17. The highest BCUT2D eigenvalue weighted by atomic mass is 16.5. The highest BCUT2D eigenvalue weighted by Crippen LogP contribution is 2.30. The second kappa shape index (κ2) is 6.47. The highest BCUT2D eigenvalue weighted by Gasteiger charge is 2.04. The molecule has 6 nitrogen and oxygen atoms in total. The maximum Gasteiger partial charge on any atom is 0.186 e. The van der Waals surface area contributed by atoms with Gasteiger partial charge < -0.3 is 25.7 Å². The average molecular weight is 239 g/mol. The lowest BCUT2D eigenvalue weighted by Crippen LogP contribution is -2.23. The molecule has 4 N–H and O–H groups in total. The Labute approximate surface area is 100 Å². The van der Waals surface area contributed by atoms with Gasteiger partial charge in [-0.05, 0) is 12.1 Å². The van der Waals surface area contributed by atoms with Crippen molar-refractivity contribution in [3.63, 3.8) is 0 Å². The third-order valence-electron chi connectivity index (χ3n) is 2.01. The van der Waals surface area contributed by atoms with Gasteiger partial charge in [0.25, 0.3) is 0 Å². The van der Waals surface area contributed by atoms with Crippen molar-refractivity contribution in [2.24, 2.45) is 16.5 Å². The molecule has 1 aromatic carbocycles. The van der Waals surface area contributed by atoms with Crippen LogP contribution in [0.1, 0.15) is 0 Å². The maximum atomic E-state index is 5.44. The number of hydrogen-bond donors (Lipinski definition) is 2. The molecule has 94 valence electrons. The maximum absolute atomic E-state index is 5.44. The molecule has 6 heteroatoms. The molecule has 0 amide bonds. The Morgan fingerprint density at radius 2 is 1.88 bits per heavy atom. The molecular formula is C11H17N3O3. The largest absolute Gasteiger partial charge is 0.493 e. The summed E-state index contributed by atoms with van der Waals surface area (Å²) < 4.78 is 15.7. The minimum absolute atomic E-state index is 0.0564. The van der Waals surface area contributed by atoms with E-state index in [1.54, 1.807) is 32.4 Å². The number of rotatable bonds is 6. The molecule has 0 spiro atoms. The van der Waals surface area contributed by atoms with Crippen molar-refractivity contribution in [3.05, 3.63) is 18.2 Å². The molecule has 0 fully saturated rings. The summed E-state index contributed by atoms with van der Waals surface area (Å²) in [6, 6.07) is 5.31. The number of aliphatic imine (C=N–C) groups is 1. The van der Waals surface area contributed by atoms with Crippen LogP contribution in [0.5, 0.6) is 17.2 Å². The predicted octanol–water partition coefficient (Wildman–Crippen LogP) is 0.356. The molecule has 1 rings (SSSR count). The van der Waals surface area contributed by atoms with Gasteiger partial charge in [-0.1, -0.05) is 0 Å². The van der Waals surface area contributed by atoms with Gasteiger partial charge in [-0.25, -0.2) is 0 Å². The Morgan fingerprint density at radius 3 is 2.47 bits per heavy atom. The van der Waals surface area contributed by atoms with Crippen molar-refractivity contribution in [2.75, 3.05) is 27.4 Å². The fourth-order valence-electron chi connectivity index (χ4n) is 1.24. The number of hydrogen-bond acceptors (Lipinski definition) is 4. The molecule has 0 atom stereocenters. The lowest BCUT2D eigenvalue weighted by molar-refractivity contribution is 0.319. The first kappa shape index (κ1) is 13.0. The highest BCUT2D eigenvalue weighted by molar-refractivity contribution is 5.75. The zero-order chi connectivity index (χ0) is 12.7. The van der Waals surface area contributed by atoms with E-state index >= 15 is 0 Å². The monoisotopic (exact) mass is 239 g/mol. The van der Waals surface area contributed by atoms with E-state index in [0.717, 1.165) is 0 Å². The van der Waals surface area contributed by atoms with E-state index in [1.165, 1.54) is 0 Å². The quantitative estimate of drug-likeness (QED) is 0.424. The molecular weight excluding hydrogens is 222 g/mol. The molecule has 0 aliphatic carbocycles. The average Bonchev–Trinajstić information content (AvgIpc) is 2.34. The van der Waals surface area contributed by atoms with E-state index in [9.17, 15) is 0 Å². The molecule has 1 aromatic rings. The van der Waals surface area contributed by atoms with Gasteiger partial charge in [0.2, 0.25) is 0 Å². The van der Waals surface area contributed by atoms with Crippen LogP contribution in [0.3, 0.4) is 0 Å². The SMILES string of the molecule is COc1ccc(OCCN=C(N)N)cc1OC. The number of methoxy groups -OCH3 is 2. The van der Waals surface area contributed by atoms with Gasteiger partial charge in [0.15, 0.2) is 17.5 Å². The number of guanidine groups is 1. The zero-order valence-corrected chi connectivity index (χ0v) is 9.97. The lowest BCUT2D eigenvalue weighted by atomic mass is 10.3. The fourth-order valence-corrected chi connectivity index (χ4v) is 1.24. The number of benzene rings is 1. The summed E-state index contributed by atoms with van der Waals surface area (Å²) in [7, 11) is 3.15. The molecule has 0 saturated carbocycles. The summed E-state index contributed by atoms with van der Waals surface area (Å²) in [5, 5.41) is 0. The van der Waals surface area contributed by atoms with Crippen LogP contribution in [-0.4, -0.2) is 33.3 Å². The standard InChI is InChI=1S/C11H17N3O3/c1-15-9-4-3-8(7-10(9)16-2)17-6-5-14-11(12)13/h3-4,7H,5-6H2,1-2H3,(H4,12,13,14). The Bertz CT molecular complexity index is 390. The first-order chi connectivity index (χ1) is 8.17. The van der Waals surface area contributed by atoms with Gasteiger partial charge in [0, 0.05) is 6.07 Å². The summed E-state index contributed by atoms with van der Waals surface area (Å²) in [4.78, 5) is 3.81. The Kier molecular flexibility index (Phi) is 4.93. The van der Waals surface area contributed by atoms with Gasteiger partial charge in [-0.2, -0.15) is 0 Å². The van der Waals surface area contributed by atoms with Crippen molar-refractivity contribution in [2.45, 2.75) is 0 Å². The number of ether oxygens (including phenoxy) is 3. The third kappa shape index (κ3) is 4.10. The van der Waals surface area contributed by atoms with Crippen LogP contribution in [0.15, 0.2) is 23.2 Å². The molecule has 0 unspecified atom stereocenters. The summed E-state index contributed by atoms with van der Waals surface area (Å²) >= 11 is 0. The van der Waals surface area contributed by atoms with Gasteiger partial charge in [0.1, 0.15) is 12.4 Å². The zero-order valence-electron chi connectivity index (χ0n) is 9.97. The van der Waals surface area contributed by atoms with Crippen molar-refractivity contribution < 1.29 is 14.2 Å². The minimum atomic E-state index is 0.0564. The van der Waals surface area contributed by atoms with Crippen LogP contribution in [0.4, 0.5) is 0 Å². The van der Waals surface area contributed by atoms with E-state index in [-0.39, 0.29) is 5.96 Å². The molecule has 0 aliphatic heterocycles.